The predicted octanol–water partition coefficient (Wildman–Crippen LogP) is 0.774. The minimum absolute atomic E-state index is 0.0797. The van der Waals surface area contributed by atoms with Gasteiger partial charge in [0.15, 0.2) is 0 Å². The molecular weight excluding hydrogens is 228 g/mol. The molecule has 0 aliphatic heterocycles. The van der Waals surface area contributed by atoms with E-state index in [0.717, 1.165) is 12.1 Å². The minimum Gasteiger partial charge on any atom is -0.394 e. The van der Waals surface area contributed by atoms with Crippen LogP contribution in [0.15, 0.2) is 30.5 Å². The van der Waals surface area contributed by atoms with Gasteiger partial charge in [0.25, 0.3) is 0 Å². The second kappa shape index (κ2) is 5.52. The summed E-state index contributed by atoms with van der Waals surface area (Å²) in [7, 11) is 0. The van der Waals surface area contributed by atoms with Gasteiger partial charge < -0.3 is 20.1 Å². The molecule has 97 valence electrons. The summed E-state index contributed by atoms with van der Waals surface area (Å²) in [6, 6.07) is 11.0. The number of hydrogen-bond donors (Lipinski definition) is 3. The Balaban J connectivity index is 1.98. The van der Waals surface area contributed by atoms with Crippen LogP contribution in [0.25, 0.3) is 10.9 Å². The summed E-state index contributed by atoms with van der Waals surface area (Å²) >= 11 is 0. The maximum atomic E-state index is 9.18. The third-order valence-corrected chi connectivity index (χ3v) is 3.22. The molecule has 0 fully saturated rings. The third-order valence-electron chi connectivity index (χ3n) is 3.22. The van der Waals surface area contributed by atoms with Crippen LogP contribution in [0.4, 0.5) is 0 Å². The highest BCUT2D eigenvalue weighted by Crippen LogP contribution is 2.14. The number of fused-ring (bicyclic) bond motifs is 1. The van der Waals surface area contributed by atoms with Crippen molar-refractivity contribution >= 4 is 10.9 Å². The molecule has 0 saturated carbocycles. The van der Waals surface area contributed by atoms with Crippen molar-refractivity contribution in [1.82, 2.24) is 9.88 Å². The quantitative estimate of drug-likeness (QED) is 0.707. The molecule has 0 aliphatic carbocycles. The molecule has 0 bridgehead atoms. The average molecular weight is 247 g/mol. The van der Waals surface area contributed by atoms with Gasteiger partial charge in [-0.05, 0) is 30.5 Å². The molecule has 4 nitrogen and oxygen atoms in total. The Hall–Kier alpha value is -1.36. The van der Waals surface area contributed by atoms with Crippen LogP contribution in [0.2, 0.25) is 0 Å². The monoisotopic (exact) mass is 247 g/mol. The van der Waals surface area contributed by atoms with Gasteiger partial charge in [-0.3, -0.25) is 0 Å². The van der Waals surface area contributed by atoms with Gasteiger partial charge in [-0.15, -0.1) is 0 Å². The molecule has 2 aromatic rings. The highest BCUT2D eigenvalue weighted by atomic mass is 16.3. The van der Waals surface area contributed by atoms with E-state index in [9.17, 15) is 10.2 Å². The fourth-order valence-electron chi connectivity index (χ4n) is 1.91. The number of nitrogens with one attached hydrogen (secondary N) is 1. The predicted molar refractivity (Wildman–Crippen MR) is 71.4 cm³/mol. The Morgan fingerprint density at radius 2 is 2.11 bits per heavy atom. The number of hydrogen-bond acceptors (Lipinski definition) is 3. The molecule has 1 heterocycles. The second-order valence-electron chi connectivity index (χ2n) is 4.80. The number of aliphatic hydroxyl groups is 2. The van der Waals surface area contributed by atoms with Crippen LogP contribution in [0, 0.1) is 6.07 Å². The summed E-state index contributed by atoms with van der Waals surface area (Å²) in [4.78, 5) is 0. The summed E-state index contributed by atoms with van der Waals surface area (Å²) in [5.74, 6) is 0. The van der Waals surface area contributed by atoms with Gasteiger partial charge in [0, 0.05) is 24.8 Å². The number of benzene rings is 1. The molecule has 0 unspecified atom stereocenters. The van der Waals surface area contributed by atoms with E-state index in [1.165, 1.54) is 5.39 Å². The molecule has 0 aliphatic rings. The van der Waals surface area contributed by atoms with E-state index in [1.54, 1.807) is 6.92 Å². The number of rotatable bonds is 6. The smallest absolute Gasteiger partial charge is 0.0633 e. The van der Waals surface area contributed by atoms with Crippen LogP contribution < -0.4 is 5.32 Å². The first kappa shape index (κ1) is 13.1. The number of nitrogens with zero attached hydrogens (tertiary/aromatic N) is 1. The van der Waals surface area contributed by atoms with E-state index in [0.29, 0.717) is 6.54 Å². The lowest BCUT2D eigenvalue weighted by atomic mass is 10.1. The van der Waals surface area contributed by atoms with Crippen molar-refractivity contribution in [3.05, 3.63) is 36.5 Å². The van der Waals surface area contributed by atoms with Gasteiger partial charge in [-0.2, -0.15) is 0 Å². The Morgan fingerprint density at radius 1 is 1.33 bits per heavy atom. The molecule has 0 saturated heterocycles. The number of aliphatic hydroxyl groups excluding tert-OH is 2. The molecule has 18 heavy (non-hydrogen) atoms. The molecule has 0 amide bonds. The summed E-state index contributed by atoms with van der Waals surface area (Å²) in [5, 5.41) is 22.7. The summed E-state index contributed by atoms with van der Waals surface area (Å²) in [6.45, 7) is 3.12. The lowest BCUT2D eigenvalue weighted by molar-refractivity contribution is 0.104. The molecular formula is C14H19N2O2. The Kier molecular flexibility index (Phi) is 4.01. The Bertz CT molecular complexity index is 503. The van der Waals surface area contributed by atoms with Crippen molar-refractivity contribution in [1.29, 1.82) is 0 Å². The average Bonchev–Trinajstić information content (AvgIpc) is 2.82. The maximum Gasteiger partial charge on any atom is 0.0633 e. The lowest BCUT2D eigenvalue weighted by Gasteiger charge is -2.26. The SMILES string of the molecule is CC(CO)(CO)NCCn1ccc2cc[c]cc21. The topological polar surface area (TPSA) is 57.4 Å². The van der Waals surface area contributed by atoms with Crippen molar-refractivity contribution in [2.45, 2.75) is 19.0 Å². The third kappa shape index (κ3) is 2.72. The highest BCUT2D eigenvalue weighted by Gasteiger charge is 2.20. The lowest BCUT2D eigenvalue weighted by Crippen LogP contribution is -2.49. The normalized spacial score (nSPS) is 12.2. The molecule has 0 spiro atoms. The Labute approximate surface area is 107 Å². The van der Waals surface area contributed by atoms with E-state index < -0.39 is 5.54 Å². The largest absolute Gasteiger partial charge is 0.394 e. The molecule has 3 N–H and O–H groups in total. The van der Waals surface area contributed by atoms with E-state index in [-0.39, 0.29) is 13.2 Å². The van der Waals surface area contributed by atoms with Crippen LogP contribution in [0.1, 0.15) is 6.92 Å². The van der Waals surface area contributed by atoms with Crippen LogP contribution in [0.3, 0.4) is 0 Å². The molecule has 1 aromatic carbocycles. The summed E-state index contributed by atoms with van der Waals surface area (Å²) < 4.78 is 2.13. The van der Waals surface area contributed by atoms with Gasteiger partial charge in [-0.1, -0.05) is 12.1 Å². The summed E-state index contributed by atoms with van der Waals surface area (Å²) in [6.07, 6.45) is 2.04. The van der Waals surface area contributed by atoms with Crippen LogP contribution >= 0.6 is 0 Å². The molecule has 2 rings (SSSR count). The summed E-state index contributed by atoms with van der Waals surface area (Å²) in [5.41, 5.74) is 0.531. The van der Waals surface area contributed by atoms with Gasteiger partial charge >= 0.3 is 0 Å². The fraction of sp³-hybridized carbons (Fsp3) is 0.429. The zero-order valence-electron chi connectivity index (χ0n) is 10.6. The zero-order chi connectivity index (χ0) is 13.0. The second-order valence-corrected chi connectivity index (χ2v) is 4.80. The van der Waals surface area contributed by atoms with Crippen molar-refractivity contribution < 1.29 is 10.2 Å². The maximum absolute atomic E-state index is 9.18. The van der Waals surface area contributed by atoms with Crippen molar-refractivity contribution in [3.8, 4) is 0 Å². The van der Waals surface area contributed by atoms with Crippen molar-refractivity contribution in [2.75, 3.05) is 19.8 Å². The zero-order valence-corrected chi connectivity index (χ0v) is 10.6. The molecule has 0 atom stereocenters. The van der Waals surface area contributed by atoms with Crippen LogP contribution in [0.5, 0.6) is 0 Å². The van der Waals surface area contributed by atoms with E-state index in [4.69, 9.17) is 0 Å². The van der Waals surface area contributed by atoms with E-state index in [1.807, 2.05) is 24.4 Å². The van der Waals surface area contributed by atoms with E-state index in [2.05, 4.69) is 22.0 Å². The minimum atomic E-state index is -0.616. The van der Waals surface area contributed by atoms with Crippen molar-refractivity contribution in [2.24, 2.45) is 0 Å². The number of aromatic nitrogens is 1. The first-order valence-corrected chi connectivity index (χ1v) is 6.10. The van der Waals surface area contributed by atoms with Gasteiger partial charge in [0.1, 0.15) is 0 Å². The van der Waals surface area contributed by atoms with Crippen molar-refractivity contribution in [3.63, 3.8) is 0 Å². The highest BCUT2D eigenvalue weighted by molar-refractivity contribution is 5.79. The van der Waals surface area contributed by atoms with Gasteiger partial charge in [0.2, 0.25) is 0 Å². The van der Waals surface area contributed by atoms with Crippen LogP contribution in [-0.2, 0) is 6.54 Å². The van der Waals surface area contributed by atoms with Gasteiger partial charge in [0.05, 0.1) is 18.8 Å². The Morgan fingerprint density at radius 3 is 2.83 bits per heavy atom. The first-order valence-electron chi connectivity index (χ1n) is 6.10. The van der Waals surface area contributed by atoms with Crippen LogP contribution in [-0.4, -0.2) is 40.1 Å². The fourth-order valence-corrected chi connectivity index (χ4v) is 1.91. The molecule has 1 radical (unpaired) electrons. The molecule has 1 aromatic heterocycles. The molecule has 4 heteroatoms. The van der Waals surface area contributed by atoms with E-state index >= 15 is 0 Å². The van der Waals surface area contributed by atoms with Gasteiger partial charge in [-0.25, -0.2) is 0 Å². The standard InChI is InChI=1S/C14H19N2O2/c1-14(10-17,11-18)15-7-9-16-8-6-12-4-2-3-5-13(12)16/h2,4-6,8,15,17-18H,7,9-11H2,1H3. The first-order chi connectivity index (χ1) is 8.68.